The zero-order valence-electron chi connectivity index (χ0n) is 14.2. The van der Waals surface area contributed by atoms with Gasteiger partial charge in [-0.1, -0.05) is 12.1 Å². The number of piperidine rings is 1. The molecule has 0 aromatic heterocycles. The summed E-state index contributed by atoms with van der Waals surface area (Å²) in [5.41, 5.74) is 0.784. The summed E-state index contributed by atoms with van der Waals surface area (Å²) in [5.74, 6) is -0.169. The van der Waals surface area contributed by atoms with Crippen molar-refractivity contribution in [3.8, 4) is 0 Å². The van der Waals surface area contributed by atoms with Gasteiger partial charge in [-0.3, -0.25) is 9.59 Å². The molecule has 25 heavy (non-hydrogen) atoms. The molecule has 0 saturated carbocycles. The van der Waals surface area contributed by atoms with Crippen molar-refractivity contribution < 1.29 is 18.7 Å². The molecule has 0 atom stereocenters. The Hall–Kier alpha value is -2.21. The van der Waals surface area contributed by atoms with Gasteiger partial charge in [0.15, 0.2) is 0 Å². The monoisotopic (exact) mass is 346 g/mol. The minimum atomic E-state index is -0.296. The Morgan fingerprint density at radius 1 is 1.00 bits per heavy atom. The first-order chi connectivity index (χ1) is 12.1. The van der Waals surface area contributed by atoms with Crippen molar-refractivity contribution in [3.63, 3.8) is 0 Å². The highest BCUT2D eigenvalue weighted by Crippen LogP contribution is 2.20. The molecule has 1 aromatic rings. The van der Waals surface area contributed by atoms with Crippen LogP contribution in [-0.4, -0.2) is 61.0 Å². The van der Waals surface area contributed by atoms with E-state index in [2.05, 4.69) is 0 Å². The normalized spacial score (nSPS) is 19.4. The molecule has 134 valence electrons. The molecule has 6 heteroatoms. The molecule has 0 bridgehead atoms. The van der Waals surface area contributed by atoms with E-state index in [1.54, 1.807) is 23.1 Å². The van der Waals surface area contributed by atoms with E-state index in [0.717, 1.165) is 5.56 Å². The number of ether oxygens (including phenoxy) is 1. The van der Waals surface area contributed by atoms with Crippen LogP contribution in [0.25, 0.3) is 6.08 Å². The van der Waals surface area contributed by atoms with E-state index in [-0.39, 0.29) is 23.5 Å². The summed E-state index contributed by atoms with van der Waals surface area (Å²) in [5, 5.41) is 0. The second-order valence-corrected chi connectivity index (χ2v) is 6.42. The van der Waals surface area contributed by atoms with E-state index in [4.69, 9.17) is 4.74 Å². The fourth-order valence-corrected chi connectivity index (χ4v) is 3.24. The second kappa shape index (κ2) is 8.25. The number of halogens is 1. The first kappa shape index (κ1) is 17.6. The summed E-state index contributed by atoms with van der Waals surface area (Å²) in [7, 11) is 0. The van der Waals surface area contributed by atoms with Crippen LogP contribution in [0.1, 0.15) is 18.4 Å². The molecule has 2 saturated heterocycles. The smallest absolute Gasteiger partial charge is 0.246 e. The molecule has 2 amide bonds. The molecule has 0 radical (unpaired) electrons. The third-order valence-corrected chi connectivity index (χ3v) is 4.77. The minimum Gasteiger partial charge on any atom is -0.378 e. The summed E-state index contributed by atoms with van der Waals surface area (Å²) in [6.07, 6.45) is 4.60. The third-order valence-electron chi connectivity index (χ3n) is 4.77. The molecule has 2 fully saturated rings. The highest BCUT2D eigenvalue weighted by molar-refractivity contribution is 5.92. The molecule has 2 aliphatic heterocycles. The quantitative estimate of drug-likeness (QED) is 0.786. The Bertz CT molecular complexity index is 631. The topological polar surface area (TPSA) is 49.9 Å². The molecule has 0 unspecified atom stereocenters. The number of hydrogen-bond acceptors (Lipinski definition) is 3. The number of amides is 2. The predicted molar refractivity (Wildman–Crippen MR) is 92.1 cm³/mol. The van der Waals surface area contributed by atoms with Gasteiger partial charge in [0.05, 0.1) is 13.2 Å². The maximum Gasteiger partial charge on any atom is 0.246 e. The molecule has 3 rings (SSSR count). The average Bonchev–Trinajstić information content (AvgIpc) is 2.67. The first-order valence-electron chi connectivity index (χ1n) is 8.72. The van der Waals surface area contributed by atoms with E-state index in [1.807, 2.05) is 4.90 Å². The van der Waals surface area contributed by atoms with Gasteiger partial charge < -0.3 is 14.5 Å². The van der Waals surface area contributed by atoms with E-state index in [9.17, 15) is 14.0 Å². The molecule has 2 aliphatic rings. The van der Waals surface area contributed by atoms with Gasteiger partial charge in [0.1, 0.15) is 5.82 Å². The van der Waals surface area contributed by atoms with Crippen LogP contribution in [0.4, 0.5) is 4.39 Å². The number of nitrogens with zero attached hydrogens (tertiary/aromatic N) is 2. The lowest BCUT2D eigenvalue weighted by atomic mass is 9.95. The van der Waals surface area contributed by atoms with Crippen molar-refractivity contribution in [2.45, 2.75) is 12.8 Å². The van der Waals surface area contributed by atoms with Crippen LogP contribution in [0.3, 0.4) is 0 Å². The number of carbonyl (C=O) groups excluding carboxylic acids is 2. The van der Waals surface area contributed by atoms with Crippen molar-refractivity contribution in [3.05, 3.63) is 41.7 Å². The zero-order chi connectivity index (χ0) is 17.6. The van der Waals surface area contributed by atoms with E-state index >= 15 is 0 Å². The summed E-state index contributed by atoms with van der Waals surface area (Å²) in [6, 6.07) is 6.00. The van der Waals surface area contributed by atoms with Gasteiger partial charge in [-0.15, -0.1) is 0 Å². The summed E-state index contributed by atoms with van der Waals surface area (Å²) in [4.78, 5) is 28.4. The molecular weight excluding hydrogens is 323 g/mol. The van der Waals surface area contributed by atoms with Crippen molar-refractivity contribution in [2.75, 3.05) is 39.4 Å². The molecule has 1 aromatic carbocycles. The maximum atomic E-state index is 12.9. The Morgan fingerprint density at radius 3 is 2.28 bits per heavy atom. The molecule has 0 N–H and O–H groups in total. The Labute approximate surface area is 147 Å². The van der Waals surface area contributed by atoms with Crippen molar-refractivity contribution in [1.29, 1.82) is 0 Å². The van der Waals surface area contributed by atoms with E-state index in [0.29, 0.717) is 52.2 Å². The number of morpholine rings is 1. The van der Waals surface area contributed by atoms with Crippen LogP contribution in [0.15, 0.2) is 30.3 Å². The lowest BCUT2D eigenvalue weighted by Crippen LogP contribution is -2.47. The predicted octanol–water partition coefficient (Wildman–Crippen LogP) is 1.94. The van der Waals surface area contributed by atoms with Gasteiger partial charge in [-0.25, -0.2) is 4.39 Å². The lowest BCUT2D eigenvalue weighted by Gasteiger charge is -2.35. The van der Waals surface area contributed by atoms with Crippen LogP contribution in [-0.2, 0) is 14.3 Å². The summed E-state index contributed by atoms with van der Waals surface area (Å²) < 4.78 is 18.2. The van der Waals surface area contributed by atoms with Crippen molar-refractivity contribution >= 4 is 17.9 Å². The Balaban J connectivity index is 1.48. The highest BCUT2D eigenvalue weighted by Gasteiger charge is 2.30. The van der Waals surface area contributed by atoms with Gasteiger partial charge in [-0.2, -0.15) is 0 Å². The standard InChI is InChI=1S/C19H23FN2O3/c20-17-4-1-15(2-5-17)3-6-18(23)21-9-7-16(8-10-21)19(24)22-11-13-25-14-12-22/h1-6,16H,7-14H2/b6-3+. The van der Waals surface area contributed by atoms with Gasteiger partial charge in [-0.05, 0) is 36.6 Å². The van der Waals surface area contributed by atoms with Gasteiger partial charge in [0.2, 0.25) is 11.8 Å². The molecule has 0 spiro atoms. The largest absolute Gasteiger partial charge is 0.378 e. The molecule has 2 heterocycles. The highest BCUT2D eigenvalue weighted by atomic mass is 19.1. The van der Waals surface area contributed by atoms with Crippen molar-refractivity contribution in [2.24, 2.45) is 5.92 Å². The average molecular weight is 346 g/mol. The number of hydrogen-bond donors (Lipinski definition) is 0. The van der Waals surface area contributed by atoms with Crippen LogP contribution >= 0.6 is 0 Å². The minimum absolute atomic E-state index is 0.00299. The molecule has 5 nitrogen and oxygen atoms in total. The Kier molecular flexibility index (Phi) is 5.81. The van der Waals surface area contributed by atoms with Crippen LogP contribution in [0, 0.1) is 11.7 Å². The van der Waals surface area contributed by atoms with E-state index < -0.39 is 0 Å². The number of likely N-dealkylation sites (tertiary alicyclic amines) is 1. The van der Waals surface area contributed by atoms with Gasteiger partial charge in [0.25, 0.3) is 0 Å². The van der Waals surface area contributed by atoms with Gasteiger partial charge >= 0.3 is 0 Å². The summed E-state index contributed by atoms with van der Waals surface area (Å²) >= 11 is 0. The first-order valence-corrected chi connectivity index (χ1v) is 8.72. The van der Waals surface area contributed by atoms with Crippen LogP contribution < -0.4 is 0 Å². The fourth-order valence-electron chi connectivity index (χ4n) is 3.24. The zero-order valence-corrected chi connectivity index (χ0v) is 14.2. The number of rotatable bonds is 3. The maximum absolute atomic E-state index is 12.9. The number of carbonyl (C=O) groups is 2. The number of benzene rings is 1. The second-order valence-electron chi connectivity index (χ2n) is 6.42. The third kappa shape index (κ3) is 4.66. The SMILES string of the molecule is O=C(/C=C/c1ccc(F)cc1)N1CCC(C(=O)N2CCOCC2)CC1. The van der Waals surface area contributed by atoms with Crippen LogP contribution in [0.2, 0.25) is 0 Å². The summed E-state index contributed by atoms with van der Waals surface area (Å²) in [6.45, 7) is 3.73. The van der Waals surface area contributed by atoms with Gasteiger partial charge in [0, 0.05) is 38.2 Å². The molecule has 0 aliphatic carbocycles. The lowest BCUT2D eigenvalue weighted by molar-refractivity contribution is -0.142. The van der Waals surface area contributed by atoms with Crippen LogP contribution in [0.5, 0.6) is 0 Å². The Morgan fingerprint density at radius 2 is 1.64 bits per heavy atom. The molecular formula is C19H23FN2O3. The fraction of sp³-hybridized carbons (Fsp3) is 0.474. The van der Waals surface area contributed by atoms with E-state index in [1.165, 1.54) is 18.2 Å². The van der Waals surface area contributed by atoms with Crippen molar-refractivity contribution in [1.82, 2.24) is 9.80 Å².